The van der Waals surface area contributed by atoms with E-state index in [9.17, 15) is 9.59 Å². The van der Waals surface area contributed by atoms with E-state index in [1.54, 1.807) is 42.7 Å². The molecule has 0 bridgehead atoms. The second-order valence-corrected chi connectivity index (χ2v) is 7.69. The summed E-state index contributed by atoms with van der Waals surface area (Å²) in [5, 5.41) is 11.4. The number of carbonyl (C=O) groups excluding carboxylic acids is 1. The van der Waals surface area contributed by atoms with E-state index in [1.807, 2.05) is 6.07 Å². The van der Waals surface area contributed by atoms with Gasteiger partial charge in [0.2, 0.25) is 16.6 Å². The molecule has 0 atom stereocenters. The molecule has 0 saturated heterocycles. The Morgan fingerprint density at radius 1 is 1.13 bits per heavy atom. The number of benzene rings is 1. The van der Waals surface area contributed by atoms with Gasteiger partial charge < -0.3 is 5.84 Å². The van der Waals surface area contributed by atoms with Gasteiger partial charge >= 0.3 is 11.3 Å². The number of ketones is 1. The zero-order valence-corrected chi connectivity index (χ0v) is 17.0. The van der Waals surface area contributed by atoms with E-state index < -0.39 is 11.4 Å². The molecule has 4 aromatic rings. The Balaban J connectivity index is 1.43. The maximum Gasteiger partial charge on any atom is 0.438 e. The van der Waals surface area contributed by atoms with Crippen molar-refractivity contribution in [3.05, 3.63) is 70.7 Å². The van der Waals surface area contributed by atoms with Gasteiger partial charge in [-0.25, -0.2) is 19.4 Å². The van der Waals surface area contributed by atoms with E-state index >= 15 is 0 Å². The average Bonchev–Trinajstić information content (AvgIpc) is 3.34. The van der Waals surface area contributed by atoms with E-state index in [4.69, 9.17) is 10.4 Å². The number of para-hydroxylation sites is 1. The number of hydrogen-bond acceptors (Lipinski definition) is 10. The Labute approximate surface area is 177 Å². The summed E-state index contributed by atoms with van der Waals surface area (Å²) in [6.07, 6.45) is 3.30. The van der Waals surface area contributed by atoms with Crippen molar-refractivity contribution in [1.82, 2.24) is 30.1 Å². The Morgan fingerprint density at radius 3 is 2.67 bits per heavy atom. The molecule has 1 aromatic carbocycles. The zero-order valence-electron chi connectivity index (χ0n) is 15.3. The van der Waals surface area contributed by atoms with Crippen LogP contribution in [0.3, 0.4) is 0 Å². The highest BCUT2D eigenvalue weighted by atomic mass is 32.2. The number of Topliss-reactive ketones (excluding diaryl/α,β-unsaturated/α-hetero) is 1. The van der Waals surface area contributed by atoms with Crippen molar-refractivity contribution < 1.29 is 14.0 Å². The Bertz CT molecular complexity index is 1210. The van der Waals surface area contributed by atoms with E-state index in [2.05, 4.69) is 25.4 Å². The van der Waals surface area contributed by atoms with Crippen LogP contribution in [0.2, 0.25) is 0 Å². The molecule has 0 aliphatic carbocycles. The van der Waals surface area contributed by atoms with Crippen LogP contribution in [0.25, 0.3) is 5.69 Å². The topological polar surface area (TPSA) is 149 Å². The summed E-state index contributed by atoms with van der Waals surface area (Å²) >= 11 is 2.44. The smallest absolute Gasteiger partial charge is 0.336 e. The average molecular weight is 443 g/mol. The highest BCUT2D eigenvalue weighted by molar-refractivity contribution is 7.99. The summed E-state index contributed by atoms with van der Waals surface area (Å²) in [5.41, 5.74) is -0.270. The quantitative estimate of drug-likeness (QED) is 0.130. The van der Waals surface area contributed by atoms with Crippen molar-refractivity contribution in [3.8, 4) is 5.69 Å². The first kappa shape index (κ1) is 19.8. The van der Waals surface area contributed by atoms with E-state index in [0.29, 0.717) is 27.6 Å². The van der Waals surface area contributed by atoms with E-state index in [1.165, 1.54) is 21.1 Å². The highest BCUT2D eigenvalue weighted by Crippen LogP contribution is 2.20. The lowest BCUT2D eigenvalue weighted by atomic mass is 10.3. The fourth-order valence-electron chi connectivity index (χ4n) is 2.46. The van der Waals surface area contributed by atoms with Gasteiger partial charge in [0.05, 0.1) is 11.5 Å². The first-order valence-electron chi connectivity index (χ1n) is 8.57. The molecular weight excluding hydrogens is 428 g/mol. The minimum atomic E-state index is -0.751. The molecule has 0 unspecified atom stereocenters. The number of hydrogen-bond donors (Lipinski definition) is 2. The van der Waals surface area contributed by atoms with E-state index in [-0.39, 0.29) is 11.4 Å². The van der Waals surface area contributed by atoms with Gasteiger partial charge in [0.15, 0.2) is 11.0 Å². The summed E-state index contributed by atoms with van der Waals surface area (Å²) in [6.45, 7) is 0. The Hall–Kier alpha value is -3.45. The zero-order chi connectivity index (χ0) is 20.9. The lowest BCUT2D eigenvalue weighted by Crippen LogP contribution is -2.41. The second kappa shape index (κ2) is 8.92. The predicted octanol–water partition coefficient (Wildman–Crippen LogP) is 0.607. The van der Waals surface area contributed by atoms with Crippen LogP contribution in [-0.4, -0.2) is 41.6 Å². The molecule has 0 spiro atoms. The molecular formula is C17H15N8O3S2+. The number of aromatic amines is 1. The molecule has 0 aliphatic heterocycles. The molecule has 152 valence electrons. The van der Waals surface area contributed by atoms with Crippen LogP contribution in [0.4, 0.5) is 0 Å². The summed E-state index contributed by atoms with van der Waals surface area (Å²) in [7, 11) is 0. The van der Waals surface area contributed by atoms with Gasteiger partial charge in [-0.15, -0.1) is 10.2 Å². The number of nitrogens with two attached hydrogens (primary N) is 1. The van der Waals surface area contributed by atoms with Crippen molar-refractivity contribution in [2.24, 2.45) is 0 Å². The summed E-state index contributed by atoms with van der Waals surface area (Å²) in [4.78, 5) is 33.0. The van der Waals surface area contributed by atoms with Crippen molar-refractivity contribution in [1.29, 1.82) is 0 Å². The number of rotatable bonds is 8. The number of nitrogens with one attached hydrogen (secondary N) is 1. The summed E-state index contributed by atoms with van der Waals surface area (Å²) in [6, 6.07) is 10.6. The van der Waals surface area contributed by atoms with Gasteiger partial charge in [0.1, 0.15) is 0 Å². The molecule has 0 fully saturated rings. The monoisotopic (exact) mass is 443 g/mol. The van der Waals surface area contributed by atoms with Gasteiger partial charge in [-0.1, -0.05) is 41.7 Å². The van der Waals surface area contributed by atoms with Gasteiger partial charge in [-0.2, -0.15) is 0 Å². The molecule has 0 saturated carbocycles. The summed E-state index contributed by atoms with van der Waals surface area (Å²) < 4.78 is 7.42. The predicted molar refractivity (Wildman–Crippen MR) is 108 cm³/mol. The third-order valence-electron chi connectivity index (χ3n) is 3.87. The first-order valence-corrected chi connectivity index (χ1v) is 10.5. The fourth-order valence-corrected chi connectivity index (χ4v) is 3.93. The van der Waals surface area contributed by atoms with Crippen LogP contribution >= 0.6 is 23.5 Å². The molecule has 4 rings (SSSR count). The number of aromatic nitrogens is 7. The molecule has 11 nitrogen and oxygen atoms in total. The van der Waals surface area contributed by atoms with Gasteiger partial charge in [-0.3, -0.25) is 9.32 Å². The molecule has 0 aliphatic rings. The molecule has 3 heterocycles. The Morgan fingerprint density at radius 2 is 1.90 bits per heavy atom. The number of thioether (sulfide) groups is 2. The van der Waals surface area contributed by atoms with Crippen molar-refractivity contribution >= 4 is 29.3 Å². The van der Waals surface area contributed by atoms with Crippen LogP contribution in [0.15, 0.2) is 68.4 Å². The van der Waals surface area contributed by atoms with Crippen LogP contribution in [-0.2, 0) is 5.75 Å². The molecule has 0 radical (unpaired) electrons. The number of H-pyrrole nitrogens is 1. The largest absolute Gasteiger partial charge is 0.438 e. The Kier molecular flexibility index (Phi) is 5.90. The highest BCUT2D eigenvalue weighted by Gasteiger charge is 2.30. The number of carbonyl (C=O) groups is 1. The summed E-state index contributed by atoms with van der Waals surface area (Å²) in [5.74, 6) is 6.45. The third-order valence-corrected chi connectivity index (χ3v) is 5.68. The SMILES string of the molecule is Nn1c(CSc2ncccn2)nnc1SCC(=O)c1c(=O)o[nH][n+]1-c1ccccc1. The lowest BCUT2D eigenvalue weighted by molar-refractivity contribution is -0.672. The first-order chi connectivity index (χ1) is 14.6. The normalized spacial score (nSPS) is 10.9. The minimum absolute atomic E-state index is 0.0697. The van der Waals surface area contributed by atoms with Crippen molar-refractivity contribution in [3.63, 3.8) is 0 Å². The standard InChI is InChI=1S/C17H14N8O3S2/c18-24-13(10-29-16-19-7-4-8-20-16)21-22-17(24)30-9-12(26)14-15(27)28-23-25(14)11-5-2-1-3-6-11/h1-8H,9-10,18H2/p+1. The maximum absolute atomic E-state index is 12.7. The van der Waals surface area contributed by atoms with E-state index in [0.717, 1.165) is 11.8 Å². The number of nitrogen functional groups attached to an aromatic ring is 1. The van der Waals surface area contributed by atoms with Crippen molar-refractivity contribution in [2.45, 2.75) is 16.1 Å². The van der Waals surface area contributed by atoms with Crippen LogP contribution in [0, 0.1) is 0 Å². The molecule has 3 aromatic heterocycles. The minimum Gasteiger partial charge on any atom is -0.336 e. The number of nitrogens with zero attached hydrogens (tertiary/aromatic N) is 6. The lowest BCUT2D eigenvalue weighted by Gasteiger charge is -2.02. The van der Waals surface area contributed by atoms with Crippen LogP contribution < -0.4 is 16.2 Å². The van der Waals surface area contributed by atoms with Crippen LogP contribution in [0.1, 0.15) is 16.3 Å². The van der Waals surface area contributed by atoms with Gasteiger partial charge in [0.25, 0.3) is 0 Å². The second-order valence-electron chi connectivity index (χ2n) is 5.80. The van der Waals surface area contributed by atoms with Crippen molar-refractivity contribution in [2.75, 3.05) is 11.6 Å². The fraction of sp³-hybridized carbons (Fsp3) is 0.118. The van der Waals surface area contributed by atoms with Gasteiger partial charge in [0, 0.05) is 24.5 Å². The maximum atomic E-state index is 12.7. The van der Waals surface area contributed by atoms with Gasteiger partial charge in [-0.05, 0) is 16.0 Å². The molecule has 3 N–H and O–H groups in total. The molecule has 13 heteroatoms. The molecule has 30 heavy (non-hydrogen) atoms. The third kappa shape index (κ3) is 4.26. The molecule has 0 amide bonds. The van der Waals surface area contributed by atoms with Crippen LogP contribution in [0.5, 0.6) is 0 Å².